The second kappa shape index (κ2) is 8.97. The van der Waals surface area contributed by atoms with Crippen LogP contribution in [0.3, 0.4) is 0 Å². The third-order valence-corrected chi connectivity index (χ3v) is 7.70. The van der Waals surface area contributed by atoms with Crippen molar-refractivity contribution in [1.82, 2.24) is 4.98 Å². The predicted molar refractivity (Wildman–Crippen MR) is 140 cm³/mol. The SMILES string of the molecule is Fc1ccc(C2CC(c3cccs3)=NN2c2nc(-c3ccc(-c4ccccc4)cc3)cs2)cc1. The van der Waals surface area contributed by atoms with Gasteiger partial charge in [-0.15, -0.1) is 22.7 Å². The maximum atomic E-state index is 13.6. The fourth-order valence-electron chi connectivity index (χ4n) is 4.19. The van der Waals surface area contributed by atoms with E-state index in [0.29, 0.717) is 0 Å². The highest BCUT2D eigenvalue weighted by atomic mass is 32.1. The Hall–Kier alpha value is -3.61. The van der Waals surface area contributed by atoms with Gasteiger partial charge in [-0.3, -0.25) is 0 Å². The van der Waals surface area contributed by atoms with E-state index in [1.807, 2.05) is 29.3 Å². The van der Waals surface area contributed by atoms with Crippen molar-refractivity contribution in [2.24, 2.45) is 5.10 Å². The Kier molecular flexibility index (Phi) is 5.53. The van der Waals surface area contributed by atoms with Crippen LogP contribution in [-0.4, -0.2) is 10.7 Å². The quantitative estimate of drug-likeness (QED) is 0.254. The molecule has 3 nitrogen and oxygen atoms in total. The number of thiazole rings is 1. The number of nitrogens with zero attached hydrogens (tertiary/aromatic N) is 3. The molecule has 0 saturated carbocycles. The van der Waals surface area contributed by atoms with Crippen molar-refractivity contribution in [2.45, 2.75) is 12.5 Å². The molecule has 1 aliphatic heterocycles. The van der Waals surface area contributed by atoms with Crippen LogP contribution in [0, 0.1) is 5.82 Å². The van der Waals surface area contributed by atoms with Crippen LogP contribution >= 0.6 is 22.7 Å². The Bertz CT molecular complexity index is 1420. The molecule has 2 aromatic heterocycles. The van der Waals surface area contributed by atoms with Crippen LogP contribution in [0.1, 0.15) is 22.9 Å². The van der Waals surface area contributed by atoms with Crippen molar-refractivity contribution in [1.29, 1.82) is 0 Å². The van der Waals surface area contributed by atoms with Gasteiger partial charge in [0.2, 0.25) is 5.13 Å². The molecule has 6 rings (SSSR count). The van der Waals surface area contributed by atoms with E-state index in [9.17, 15) is 4.39 Å². The summed E-state index contributed by atoms with van der Waals surface area (Å²) in [5.74, 6) is -0.233. The summed E-state index contributed by atoms with van der Waals surface area (Å²) in [5.41, 5.74) is 6.44. The summed E-state index contributed by atoms with van der Waals surface area (Å²) in [6.07, 6.45) is 0.757. The number of hydrogen-bond donors (Lipinski definition) is 0. The molecular formula is C28H20FN3S2. The van der Waals surface area contributed by atoms with Gasteiger partial charge >= 0.3 is 0 Å². The van der Waals surface area contributed by atoms with E-state index in [4.69, 9.17) is 10.1 Å². The third kappa shape index (κ3) is 4.06. The molecule has 6 heteroatoms. The second-order valence-corrected chi connectivity index (χ2v) is 9.88. The maximum absolute atomic E-state index is 13.6. The number of aromatic nitrogens is 1. The first-order valence-corrected chi connectivity index (χ1v) is 12.8. The number of thiophene rings is 1. The summed E-state index contributed by atoms with van der Waals surface area (Å²) in [6.45, 7) is 0. The summed E-state index contributed by atoms with van der Waals surface area (Å²) >= 11 is 3.26. The first kappa shape index (κ1) is 21.0. The molecule has 0 amide bonds. The van der Waals surface area contributed by atoms with Gasteiger partial charge in [0.05, 0.1) is 22.3 Å². The minimum atomic E-state index is -0.233. The lowest BCUT2D eigenvalue weighted by atomic mass is 10.0. The molecule has 3 aromatic carbocycles. The monoisotopic (exact) mass is 481 g/mol. The lowest BCUT2D eigenvalue weighted by molar-refractivity contribution is 0.624. The largest absolute Gasteiger partial charge is 0.231 e. The number of halogens is 1. The highest BCUT2D eigenvalue weighted by Gasteiger charge is 2.32. The highest BCUT2D eigenvalue weighted by Crippen LogP contribution is 2.40. The van der Waals surface area contributed by atoms with Crippen LogP contribution in [0.15, 0.2) is 107 Å². The third-order valence-electron chi connectivity index (χ3n) is 5.95. The number of rotatable bonds is 5. The Morgan fingerprint density at radius 2 is 1.50 bits per heavy atom. The van der Waals surface area contributed by atoms with Crippen molar-refractivity contribution < 1.29 is 4.39 Å². The zero-order chi connectivity index (χ0) is 22.9. The van der Waals surface area contributed by atoms with Gasteiger partial charge in [0.25, 0.3) is 0 Å². The first-order valence-electron chi connectivity index (χ1n) is 11.0. The van der Waals surface area contributed by atoms with E-state index in [-0.39, 0.29) is 11.9 Å². The molecule has 0 saturated heterocycles. The first-order chi connectivity index (χ1) is 16.7. The van der Waals surface area contributed by atoms with Crippen molar-refractivity contribution >= 4 is 33.5 Å². The average molecular weight is 482 g/mol. The molecule has 166 valence electrons. The van der Waals surface area contributed by atoms with Gasteiger partial charge in [-0.1, -0.05) is 72.8 Å². The van der Waals surface area contributed by atoms with Crippen molar-refractivity contribution in [3.63, 3.8) is 0 Å². The van der Waals surface area contributed by atoms with Crippen LogP contribution in [0.5, 0.6) is 0 Å². The van der Waals surface area contributed by atoms with Crippen LogP contribution in [0.4, 0.5) is 9.52 Å². The van der Waals surface area contributed by atoms with Gasteiger partial charge in [-0.05, 0) is 40.3 Å². The molecule has 0 fully saturated rings. The molecule has 0 aliphatic carbocycles. The van der Waals surface area contributed by atoms with E-state index >= 15 is 0 Å². The van der Waals surface area contributed by atoms with Crippen LogP contribution in [0.25, 0.3) is 22.4 Å². The van der Waals surface area contributed by atoms with Crippen molar-refractivity contribution in [2.75, 3.05) is 5.01 Å². The predicted octanol–water partition coefficient (Wildman–Crippen LogP) is 8.03. The van der Waals surface area contributed by atoms with Gasteiger partial charge in [0.1, 0.15) is 5.82 Å². The normalized spacial score (nSPS) is 15.5. The molecule has 1 unspecified atom stereocenters. The topological polar surface area (TPSA) is 28.5 Å². The summed E-state index contributed by atoms with van der Waals surface area (Å²) < 4.78 is 13.6. The molecule has 1 aliphatic rings. The summed E-state index contributed by atoms with van der Waals surface area (Å²) in [6, 6.07) is 29.7. The lowest BCUT2D eigenvalue weighted by Gasteiger charge is -2.21. The fourth-order valence-corrected chi connectivity index (χ4v) is 5.74. The second-order valence-electron chi connectivity index (χ2n) is 8.10. The van der Waals surface area contributed by atoms with Gasteiger partial charge < -0.3 is 0 Å². The molecule has 0 N–H and O–H groups in total. The van der Waals surface area contributed by atoms with Crippen molar-refractivity contribution in [3.05, 3.63) is 118 Å². The number of hydrogen-bond acceptors (Lipinski definition) is 5. The zero-order valence-electron chi connectivity index (χ0n) is 18.1. The minimum absolute atomic E-state index is 0.0165. The highest BCUT2D eigenvalue weighted by molar-refractivity contribution is 7.14. The smallest absolute Gasteiger partial charge is 0.207 e. The Balaban J connectivity index is 1.32. The Morgan fingerprint density at radius 1 is 0.765 bits per heavy atom. The van der Waals surface area contributed by atoms with Crippen LogP contribution in [-0.2, 0) is 0 Å². The van der Waals surface area contributed by atoms with E-state index < -0.39 is 0 Å². The molecule has 0 radical (unpaired) electrons. The van der Waals surface area contributed by atoms with Gasteiger partial charge in [0.15, 0.2) is 0 Å². The lowest BCUT2D eigenvalue weighted by Crippen LogP contribution is -2.18. The minimum Gasteiger partial charge on any atom is -0.231 e. The van der Waals surface area contributed by atoms with E-state index in [2.05, 4.69) is 65.4 Å². The number of hydrazone groups is 1. The van der Waals surface area contributed by atoms with Gasteiger partial charge in [-0.2, -0.15) is 5.10 Å². The summed E-state index contributed by atoms with van der Waals surface area (Å²) in [4.78, 5) is 6.10. The van der Waals surface area contributed by atoms with Crippen LogP contribution in [0.2, 0.25) is 0 Å². The number of benzene rings is 3. The molecule has 0 bridgehead atoms. The molecule has 0 spiro atoms. The molecule has 5 aromatic rings. The standard InChI is InChI=1S/C28H20FN3S2/c29-23-14-12-22(13-15-23)26-17-24(27-7-4-16-33-27)31-32(26)28-30-25(18-34-28)21-10-8-20(9-11-21)19-5-2-1-3-6-19/h1-16,18,26H,17H2. The fraction of sp³-hybridized carbons (Fsp3) is 0.0714. The molecule has 1 atom stereocenters. The van der Waals surface area contributed by atoms with Gasteiger partial charge in [0, 0.05) is 17.4 Å². The van der Waals surface area contributed by atoms with Crippen molar-refractivity contribution in [3.8, 4) is 22.4 Å². The molecular weight excluding hydrogens is 461 g/mol. The Morgan fingerprint density at radius 3 is 2.24 bits per heavy atom. The maximum Gasteiger partial charge on any atom is 0.207 e. The van der Waals surface area contributed by atoms with E-state index in [1.165, 1.54) is 23.3 Å². The summed E-state index contributed by atoms with van der Waals surface area (Å²) in [5, 5.41) is 11.9. The average Bonchev–Trinajstić information content (AvgIpc) is 3.66. The summed E-state index contributed by atoms with van der Waals surface area (Å²) in [7, 11) is 0. The number of anilines is 1. The van der Waals surface area contributed by atoms with E-state index in [1.54, 1.807) is 22.7 Å². The zero-order valence-corrected chi connectivity index (χ0v) is 19.8. The Labute approximate surface area is 205 Å². The van der Waals surface area contributed by atoms with Gasteiger partial charge in [-0.25, -0.2) is 14.4 Å². The van der Waals surface area contributed by atoms with Crippen LogP contribution < -0.4 is 5.01 Å². The van der Waals surface area contributed by atoms with E-state index in [0.717, 1.165) is 39.0 Å². The molecule has 3 heterocycles. The molecule has 34 heavy (non-hydrogen) atoms.